The number of nitrogens with zero attached hydrogens (tertiary/aromatic N) is 1. The second kappa shape index (κ2) is 8.21. The topological polar surface area (TPSA) is 136 Å². The second-order valence-corrected chi connectivity index (χ2v) is 8.64. The number of nitrogen functional groups attached to an aromatic ring is 1. The van der Waals surface area contributed by atoms with Crippen LogP contribution in [0.4, 0.5) is 10.2 Å². The number of aryl methyl sites for hydroxylation is 2. The first-order valence-electron chi connectivity index (χ1n) is 8.95. The minimum Gasteiger partial charge on any atom is -0.507 e. The van der Waals surface area contributed by atoms with E-state index in [9.17, 15) is 22.7 Å². The standard InChI is InChI=1S/C21H20FN3O4S/c1-12-2-5-15(17(22)10-12)20(27)14-4-7-19(26)16(11-14)18-6-3-13(21(23)25-18)8-9-30(24,28)29/h2-7,10-11,26H,8-9H2,1H3,(H2,23,25)(H2,24,28,29). The molecule has 2 aromatic carbocycles. The summed E-state index contributed by atoms with van der Waals surface area (Å²) < 4.78 is 36.5. The van der Waals surface area contributed by atoms with E-state index < -0.39 is 21.6 Å². The maximum atomic E-state index is 14.2. The quantitative estimate of drug-likeness (QED) is 0.515. The summed E-state index contributed by atoms with van der Waals surface area (Å²) in [6, 6.07) is 11.6. The van der Waals surface area contributed by atoms with Crippen LogP contribution in [-0.2, 0) is 16.4 Å². The monoisotopic (exact) mass is 429 g/mol. The van der Waals surface area contributed by atoms with Gasteiger partial charge in [-0.25, -0.2) is 22.9 Å². The molecular weight excluding hydrogens is 409 g/mol. The van der Waals surface area contributed by atoms with E-state index >= 15 is 0 Å². The van der Waals surface area contributed by atoms with Gasteiger partial charge >= 0.3 is 0 Å². The number of nitrogens with two attached hydrogens (primary N) is 2. The van der Waals surface area contributed by atoms with Crippen LogP contribution in [0.15, 0.2) is 48.5 Å². The Morgan fingerprint density at radius 1 is 1.13 bits per heavy atom. The number of halogens is 1. The van der Waals surface area contributed by atoms with Crippen molar-refractivity contribution < 1.29 is 22.7 Å². The van der Waals surface area contributed by atoms with Crippen molar-refractivity contribution in [2.24, 2.45) is 5.14 Å². The molecule has 0 fully saturated rings. The summed E-state index contributed by atoms with van der Waals surface area (Å²) in [7, 11) is -3.65. The zero-order chi connectivity index (χ0) is 22.1. The molecule has 9 heteroatoms. The molecule has 1 aromatic heterocycles. The Kier molecular flexibility index (Phi) is 5.86. The first kappa shape index (κ1) is 21.4. The Bertz CT molecular complexity index is 1240. The fourth-order valence-corrected chi connectivity index (χ4v) is 3.46. The van der Waals surface area contributed by atoms with Gasteiger partial charge in [-0.1, -0.05) is 12.1 Å². The van der Waals surface area contributed by atoms with E-state index in [1.54, 1.807) is 25.1 Å². The third kappa shape index (κ3) is 4.81. The van der Waals surface area contributed by atoms with E-state index in [1.165, 1.54) is 30.3 Å². The molecule has 0 spiro atoms. The average Bonchev–Trinajstić information content (AvgIpc) is 2.66. The summed E-state index contributed by atoms with van der Waals surface area (Å²) in [4.78, 5) is 16.9. The first-order valence-corrected chi connectivity index (χ1v) is 10.7. The number of aromatic hydroxyl groups is 1. The van der Waals surface area contributed by atoms with Crippen molar-refractivity contribution >= 4 is 21.6 Å². The molecule has 0 amide bonds. The summed E-state index contributed by atoms with van der Waals surface area (Å²) >= 11 is 0. The van der Waals surface area contributed by atoms with Crippen LogP contribution >= 0.6 is 0 Å². The van der Waals surface area contributed by atoms with Crippen LogP contribution in [0.25, 0.3) is 11.3 Å². The highest BCUT2D eigenvalue weighted by Crippen LogP contribution is 2.31. The number of sulfonamides is 1. The fourth-order valence-electron chi connectivity index (χ4n) is 2.96. The maximum absolute atomic E-state index is 14.2. The number of hydrogen-bond acceptors (Lipinski definition) is 6. The number of pyridine rings is 1. The molecule has 0 radical (unpaired) electrons. The second-order valence-electron chi connectivity index (χ2n) is 6.90. The van der Waals surface area contributed by atoms with Gasteiger partial charge in [0.25, 0.3) is 0 Å². The van der Waals surface area contributed by atoms with Crippen molar-refractivity contribution in [2.75, 3.05) is 11.5 Å². The zero-order valence-corrected chi connectivity index (χ0v) is 16.9. The van der Waals surface area contributed by atoms with Crippen LogP contribution in [-0.4, -0.2) is 30.0 Å². The summed E-state index contributed by atoms with van der Waals surface area (Å²) in [5.74, 6) is -1.50. The number of benzene rings is 2. The number of carbonyl (C=O) groups is 1. The number of hydrogen-bond donors (Lipinski definition) is 3. The van der Waals surface area contributed by atoms with Crippen molar-refractivity contribution in [1.82, 2.24) is 4.98 Å². The van der Waals surface area contributed by atoms with Gasteiger partial charge in [-0.05, 0) is 60.9 Å². The molecule has 0 aliphatic carbocycles. The predicted molar refractivity (Wildman–Crippen MR) is 112 cm³/mol. The Morgan fingerprint density at radius 3 is 2.50 bits per heavy atom. The number of carbonyl (C=O) groups excluding carboxylic acids is 1. The van der Waals surface area contributed by atoms with Gasteiger partial charge in [-0.15, -0.1) is 0 Å². The van der Waals surface area contributed by atoms with Crippen LogP contribution in [0, 0.1) is 12.7 Å². The number of aromatic nitrogens is 1. The normalized spacial score (nSPS) is 11.4. The number of phenolic OH excluding ortho intramolecular Hbond substituents is 1. The smallest absolute Gasteiger partial charge is 0.209 e. The highest BCUT2D eigenvalue weighted by molar-refractivity contribution is 7.89. The van der Waals surface area contributed by atoms with Gasteiger partial charge in [0.1, 0.15) is 17.4 Å². The maximum Gasteiger partial charge on any atom is 0.209 e. The van der Waals surface area contributed by atoms with E-state index in [1.807, 2.05) is 0 Å². The molecule has 3 aromatic rings. The van der Waals surface area contributed by atoms with Crippen LogP contribution in [0.1, 0.15) is 27.0 Å². The number of primary sulfonamides is 1. The molecule has 5 N–H and O–H groups in total. The largest absolute Gasteiger partial charge is 0.507 e. The lowest BCUT2D eigenvalue weighted by atomic mass is 9.98. The number of phenols is 1. The van der Waals surface area contributed by atoms with Crippen LogP contribution in [0.2, 0.25) is 0 Å². The minimum absolute atomic E-state index is 0.0804. The lowest BCUT2D eigenvalue weighted by Gasteiger charge is -2.10. The molecule has 3 rings (SSSR count). The van der Waals surface area contributed by atoms with E-state index in [-0.39, 0.29) is 46.1 Å². The van der Waals surface area contributed by atoms with E-state index in [0.717, 1.165) is 0 Å². The fraction of sp³-hybridized carbons (Fsp3) is 0.143. The van der Waals surface area contributed by atoms with Crippen molar-refractivity contribution in [1.29, 1.82) is 0 Å². The molecule has 1 heterocycles. The minimum atomic E-state index is -3.65. The molecule has 0 atom stereocenters. The molecule has 0 saturated carbocycles. The Balaban J connectivity index is 1.95. The summed E-state index contributed by atoms with van der Waals surface area (Å²) in [6.45, 7) is 1.72. The zero-order valence-electron chi connectivity index (χ0n) is 16.1. The van der Waals surface area contributed by atoms with E-state index in [0.29, 0.717) is 11.1 Å². The van der Waals surface area contributed by atoms with Gasteiger partial charge < -0.3 is 10.8 Å². The first-order chi connectivity index (χ1) is 14.0. The van der Waals surface area contributed by atoms with Gasteiger partial charge in [0.2, 0.25) is 10.0 Å². The highest BCUT2D eigenvalue weighted by Gasteiger charge is 2.17. The summed E-state index contributed by atoms with van der Waals surface area (Å²) in [5, 5.41) is 15.2. The van der Waals surface area contributed by atoms with Crippen molar-refractivity contribution in [3.8, 4) is 17.0 Å². The SMILES string of the molecule is Cc1ccc(C(=O)c2ccc(O)c(-c3ccc(CCS(N)(=O)=O)c(N)n3)c2)c(F)c1. The molecule has 0 saturated heterocycles. The van der Waals surface area contributed by atoms with E-state index in [4.69, 9.17) is 10.9 Å². The molecule has 156 valence electrons. The number of anilines is 1. The Hall–Kier alpha value is -3.30. The van der Waals surface area contributed by atoms with Gasteiger partial charge in [0.05, 0.1) is 17.0 Å². The van der Waals surface area contributed by atoms with Gasteiger partial charge in [-0.3, -0.25) is 4.79 Å². The lowest BCUT2D eigenvalue weighted by Crippen LogP contribution is -2.18. The van der Waals surface area contributed by atoms with Gasteiger partial charge in [0.15, 0.2) is 5.78 Å². The van der Waals surface area contributed by atoms with E-state index in [2.05, 4.69) is 4.98 Å². The van der Waals surface area contributed by atoms with Crippen LogP contribution in [0.3, 0.4) is 0 Å². The van der Waals surface area contributed by atoms with Crippen molar-refractivity contribution in [3.05, 3.63) is 76.6 Å². The Labute approximate surface area is 173 Å². The highest BCUT2D eigenvalue weighted by atomic mass is 32.2. The molecule has 0 aliphatic heterocycles. The third-order valence-corrected chi connectivity index (χ3v) is 5.35. The average molecular weight is 429 g/mol. The Morgan fingerprint density at radius 2 is 1.87 bits per heavy atom. The lowest BCUT2D eigenvalue weighted by molar-refractivity contribution is 0.103. The third-order valence-electron chi connectivity index (χ3n) is 4.57. The van der Waals surface area contributed by atoms with Crippen molar-refractivity contribution in [3.63, 3.8) is 0 Å². The molecule has 0 aliphatic rings. The predicted octanol–water partition coefficient (Wildman–Crippen LogP) is 2.55. The molecule has 7 nitrogen and oxygen atoms in total. The molecule has 0 bridgehead atoms. The summed E-state index contributed by atoms with van der Waals surface area (Å²) in [6.07, 6.45) is 0.0924. The number of rotatable bonds is 6. The van der Waals surface area contributed by atoms with Crippen LogP contribution in [0.5, 0.6) is 5.75 Å². The molecular formula is C21H20FN3O4S. The van der Waals surface area contributed by atoms with Crippen LogP contribution < -0.4 is 10.9 Å². The number of ketones is 1. The van der Waals surface area contributed by atoms with Crippen molar-refractivity contribution in [2.45, 2.75) is 13.3 Å². The van der Waals surface area contributed by atoms with Gasteiger partial charge in [-0.2, -0.15) is 0 Å². The molecule has 0 unspecified atom stereocenters. The summed E-state index contributed by atoms with van der Waals surface area (Å²) in [5.41, 5.74) is 7.70. The van der Waals surface area contributed by atoms with Gasteiger partial charge in [0, 0.05) is 11.1 Å². The molecule has 30 heavy (non-hydrogen) atoms.